The number of carbonyl (C=O) groups is 1. The van der Waals surface area contributed by atoms with E-state index in [4.69, 9.17) is 4.74 Å². The lowest BCUT2D eigenvalue weighted by atomic mass is 9.93. The lowest BCUT2D eigenvalue weighted by Gasteiger charge is -2.11. The quantitative estimate of drug-likeness (QED) is 0.721. The van der Waals surface area contributed by atoms with Gasteiger partial charge in [0.1, 0.15) is 6.61 Å². The second-order valence-electron chi connectivity index (χ2n) is 4.54. The number of hydrogen-bond donors (Lipinski definition) is 0. The van der Waals surface area contributed by atoms with Gasteiger partial charge in [-0.05, 0) is 24.0 Å². The number of benzene rings is 1. The summed E-state index contributed by atoms with van der Waals surface area (Å²) in [7, 11) is 0. The van der Waals surface area contributed by atoms with Crippen LogP contribution in [0.25, 0.3) is 0 Å². The second-order valence-corrected chi connectivity index (χ2v) is 4.54. The van der Waals surface area contributed by atoms with Crippen LogP contribution in [-0.2, 0) is 11.3 Å². The van der Waals surface area contributed by atoms with Crippen molar-refractivity contribution in [3.05, 3.63) is 34.9 Å². The molecule has 0 amide bonds. The van der Waals surface area contributed by atoms with Crippen molar-refractivity contribution >= 4 is 5.97 Å². The fourth-order valence-corrected chi connectivity index (χ4v) is 2.14. The van der Waals surface area contributed by atoms with E-state index in [1.807, 2.05) is 6.07 Å². The van der Waals surface area contributed by atoms with Gasteiger partial charge < -0.3 is 4.74 Å². The van der Waals surface area contributed by atoms with E-state index in [0.29, 0.717) is 12.5 Å². The summed E-state index contributed by atoms with van der Waals surface area (Å²) in [5, 5.41) is 0. The molecule has 1 aliphatic heterocycles. The summed E-state index contributed by atoms with van der Waals surface area (Å²) < 4.78 is 5.00. The van der Waals surface area contributed by atoms with Crippen LogP contribution in [0, 0.1) is 0 Å². The lowest BCUT2D eigenvalue weighted by Crippen LogP contribution is -1.97. The van der Waals surface area contributed by atoms with Crippen LogP contribution in [0.3, 0.4) is 0 Å². The lowest BCUT2D eigenvalue weighted by molar-refractivity contribution is 0.0535. The molecule has 1 aromatic rings. The van der Waals surface area contributed by atoms with Crippen LogP contribution < -0.4 is 0 Å². The number of esters is 1. The van der Waals surface area contributed by atoms with E-state index < -0.39 is 0 Å². The minimum atomic E-state index is -0.178. The van der Waals surface area contributed by atoms with Crippen molar-refractivity contribution in [1.29, 1.82) is 0 Å². The van der Waals surface area contributed by atoms with Crippen LogP contribution in [-0.4, -0.2) is 5.97 Å². The molecular weight excluding hydrogens is 200 g/mol. The van der Waals surface area contributed by atoms with E-state index in [9.17, 15) is 4.79 Å². The van der Waals surface area contributed by atoms with Gasteiger partial charge in [-0.15, -0.1) is 0 Å². The molecular formula is C14H18O2. The van der Waals surface area contributed by atoms with E-state index in [1.54, 1.807) is 0 Å². The Morgan fingerprint density at radius 2 is 2.25 bits per heavy atom. The average molecular weight is 218 g/mol. The van der Waals surface area contributed by atoms with Crippen molar-refractivity contribution in [2.24, 2.45) is 0 Å². The van der Waals surface area contributed by atoms with Gasteiger partial charge in [0, 0.05) is 5.56 Å². The summed E-state index contributed by atoms with van der Waals surface area (Å²) >= 11 is 0. The summed E-state index contributed by atoms with van der Waals surface area (Å²) in [6, 6.07) is 6.09. The zero-order valence-corrected chi connectivity index (χ0v) is 9.95. The van der Waals surface area contributed by atoms with Gasteiger partial charge in [-0.1, -0.05) is 38.8 Å². The fraction of sp³-hybridized carbons (Fsp3) is 0.500. The third-order valence-electron chi connectivity index (χ3n) is 3.27. The molecule has 1 aliphatic rings. The first-order chi connectivity index (χ1) is 7.72. The average Bonchev–Trinajstić information content (AvgIpc) is 2.67. The van der Waals surface area contributed by atoms with Crippen molar-refractivity contribution in [3.8, 4) is 0 Å². The Kier molecular flexibility index (Phi) is 3.28. The predicted molar refractivity (Wildman–Crippen MR) is 63.5 cm³/mol. The zero-order valence-electron chi connectivity index (χ0n) is 9.95. The number of rotatable bonds is 4. The van der Waals surface area contributed by atoms with E-state index in [0.717, 1.165) is 11.1 Å². The molecule has 0 radical (unpaired) electrons. The van der Waals surface area contributed by atoms with Crippen LogP contribution >= 0.6 is 0 Å². The van der Waals surface area contributed by atoms with Gasteiger partial charge in [-0.2, -0.15) is 0 Å². The number of unbranched alkanes of at least 4 members (excludes halogenated alkanes) is 1. The van der Waals surface area contributed by atoms with Crippen LogP contribution in [0.4, 0.5) is 0 Å². The molecule has 1 atom stereocenters. The summed E-state index contributed by atoms with van der Waals surface area (Å²) in [6.07, 6.45) is 3.70. The van der Waals surface area contributed by atoms with Crippen molar-refractivity contribution in [2.45, 2.75) is 45.6 Å². The van der Waals surface area contributed by atoms with Gasteiger partial charge >= 0.3 is 5.97 Å². The third-order valence-corrected chi connectivity index (χ3v) is 3.27. The van der Waals surface area contributed by atoms with Gasteiger partial charge in [0.15, 0.2) is 0 Å². The van der Waals surface area contributed by atoms with E-state index in [2.05, 4.69) is 26.0 Å². The number of carbonyl (C=O) groups excluding carboxylic acids is 1. The van der Waals surface area contributed by atoms with E-state index in [-0.39, 0.29) is 5.97 Å². The summed E-state index contributed by atoms with van der Waals surface area (Å²) in [5.74, 6) is 0.392. The zero-order chi connectivity index (χ0) is 11.5. The van der Waals surface area contributed by atoms with Gasteiger partial charge in [0.05, 0.1) is 5.56 Å². The van der Waals surface area contributed by atoms with Gasteiger partial charge in [-0.3, -0.25) is 0 Å². The highest BCUT2D eigenvalue weighted by Crippen LogP contribution is 2.27. The third kappa shape index (κ3) is 2.11. The number of fused-ring (bicyclic) bond motifs is 1. The molecule has 2 rings (SSSR count). The maximum atomic E-state index is 11.3. The molecule has 86 valence electrons. The normalized spacial score (nSPS) is 15.8. The van der Waals surface area contributed by atoms with Gasteiger partial charge in [0.2, 0.25) is 0 Å². The number of ether oxygens (including phenoxy) is 1. The first kappa shape index (κ1) is 11.2. The van der Waals surface area contributed by atoms with Gasteiger partial charge in [-0.25, -0.2) is 4.79 Å². The second kappa shape index (κ2) is 4.69. The highest BCUT2D eigenvalue weighted by molar-refractivity contribution is 5.93. The minimum Gasteiger partial charge on any atom is -0.457 e. The molecule has 0 aromatic heterocycles. The molecule has 1 unspecified atom stereocenters. The fourth-order valence-electron chi connectivity index (χ4n) is 2.14. The summed E-state index contributed by atoms with van der Waals surface area (Å²) in [4.78, 5) is 11.3. The van der Waals surface area contributed by atoms with Gasteiger partial charge in [0.25, 0.3) is 0 Å². The first-order valence-electron chi connectivity index (χ1n) is 6.02. The Morgan fingerprint density at radius 1 is 1.44 bits per heavy atom. The van der Waals surface area contributed by atoms with Crippen molar-refractivity contribution in [3.63, 3.8) is 0 Å². The van der Waals surface area contributed by atoms with Crippen LogP contribution in [0.2, 0.25) is 0 Å². The SMILES string of the molecule is CCCCC(C)c1ccc2c(c1)COC2=O. The molecule has 0 spiro atoms. The Morgan fingerprint density at radius 3 is 3.00 bits per heavy atom. The molecule has 0 saturated carbocycles. The Hall–Kier alpha value is -1.31. The molecule has 1 aromatic carbocycles. The molecule has 2 nitrogen and oxygen atoms in total. The van der Waals surface area contributed by atoms with E-state index in [1.165, 1.54) is 24.8 Å². The molecule has 0 N–H and O–H groups in total. The Balaban J connectivity index is 2.15. The Labute approximate surface area is 96.6 Å². The Bertz CT molecular complexity index is 396. The van der Waals surface area contributed by atoms with Crippen molar-refractivity contribution in [2.75, 3.05) is 0 Å². The number of cyclic esters (lactones) is 1. The van der Waals surface area contributed by atoms with Crippen molar-refractivity contribution in [1.82, 2.24) is 0 Å². The molecule has 2 heteroatoms. The van der Waals surface area contributed by atoms with Crippen LogP contribution in [0.5, 0.6) is 0 Å². The number of hydrogen-bond acceptors (Lipinski definition) is 2. The summed E-state index contributed by atoms with van der Waals surface area (Å²) in [5.41, 5.74) is 3.11. The molecule has 0 aliphatic carbocycles. The van der Waals surface area contributed by atoms with Crippen molar-refractivity contribution < 1.29 is 9.53 Å². The van der Waals surface area contributed by atoms with Crippen LogP contribution in [0.1, 0.15) is 60.5 Å². The highest BCUT2D eigenvalue weighted by Gasteiger charge is 2.21. The molecule has 1 heterocycles. The molecule has 0 fully saturated rings. The smallest absolute Gasteiger partial charge is 0.338 e. The largest absolute Gasteiger partial charge is 0.457 e. The minimum absolute atomic E-state index is 0.178. The molecule has 0 saturated heterocycles. The molecule has 0 bridgehead atoms. The first-order valence-corrected chi connectivity index (χ1v) is 6.02. The van der Waals surface area contributed by atoms with E-state index >= 15 is 0 Å². The topological polar surface area (TPSA) is 26.3 Å². The monoisotopic (exact) mass is 218 g/mol. The highest BCUT2D eigenvalue weighted by atomic mass is 16.5. The predicted octanol–water partition coefficient (Wildman–Crippen LogP) is 3.65. The maximum Gasteiger partial charge on any atom is 0.338 e. The molecule has 16 heavy (non-hydrogen) atoms. The standard InChI is InChI=1S/C14H18O2/c1-3-4-5-10(2)11-6-7-13-12(8-11)9-16-14(13)15/h6-8,10H,3-5,9H2,1-2H3. The summed E-state index contributed by atoms with van der Waals surface area (Å²) in [6.45, 7) is 4.90. The van der Waals surface area contributed by atoms with Crippen LogP contribution in [0.15, 0.2) is 18.2 Å². The maximum absolute atomic E-state index is 11.3.